The van der Waals surface area contributed by atoms with Gasteiger partial charge in [0.15, 0.2) is 0 Å². The Kier molecular flexibility index (Phi) is 5.14. The van der Waals surface area contributed by atoms with Gasteiger partial charge in [0.25, 0.3) is 5.91 Å². The molecule has 3 aromatic rings. The predicted molar refractivity (Wildman–Crippen MR) is 96.2 cm³/mol. The molecule has 0 fully saturated rings. The third kappa shape index (κ3) is 4.06. The second kappa shape index (κ2) is 7.48. The van der Waals surface area contributed by atoms with Crippen LogP contribution < -0.4 is 4.74 Å². The molecule has 128 valence electrons. The Morgan fingerprint density at radius 2 is 2.00 bits per heavy atom. The van der Waals surface area contributed by atoms with E-state index in [0.717, 1.165) is 10.0 Å². The molecule has 0 atom stereocenters. The summed E-state index contributed by atoms with van der Waals surface area (Å²) in [4.78, 5) is 18.3. The molecule has 1 heterocycles. The van der Waals surface area contributed by atoms with E-state index >= 15 is 0 Å². The molecule has 0 unspecified atom stereocenters. The minimum Gasteiger partial charge on any atom is -0.497 e. The number of carbonyl (C=O) groups is 1. The molecule has 0 aliphatic rings. The normalized spacial score (nSPS) is 10.5. The van der Waals surface area contributed by atoms with Gasteiger partial charge in [-0.2, -0.15) is 4.98 Å². The van der Waals surface area contributed by atoms with Crippen molar-refractivity contribution in [1.82, 2.24) is 15.0 Å². The van der Waals surface area contributed by atoms with E-state index in [-0.39, 0.29) is 12.5 Å². The lowest BCUT2D eigenvalue weighted by Gasteiger charge is -2.14. The quantitative estimate of drug-likeness (QED) is 0.650. The number of methoxy groups -OCH3 is 1. The van der Waals surface area contributed by atoms with Gasteiger partial charge >= 0.3 is 0 Å². The van der Waals surface area contributed by atoms with E-state index in [9.17, 15) is 4.79 Å². The molecule has 0 aliphatic carbocycles. The number of aromatic nitrogens is 2. The van der Waals surface area contributed by atoms with Crippen molar-refractivity contribution in [2.45, 2.75) is 6.54 Å². The van der Waals surface area contributed by atoms with Gasteiger partial charge < -0.3 is 14.2 Å². The summed E-state index contributed by atoms with van der Waals surface area (Å²) in [5, 5.41) is 3.97. The molecule has 0 spiro atoms. The summed E-state index contributed by atoms with van der Waals surface area (Å²) in [5.41, 5.74) is 1.38. The van der Waals surface area contributed by atoms with E-state index in [2.05, 4.69) is 26.1 Å². The number of halogens is 1. The van der Waals surface area contributed by atoms with Crippen molar-refractivity contribution in [2.75, 3.05) is 14.2 Å². The molecule has 0 saturated heterocycles. The van der Waals surface area contributed by atoms with Crippen LogP contribution in [0.25, 0.3) is 11.4 Å². The molecule has 2 aromatic carbocycles. The van der Waals surface area contributed by atoms with E-state index in [1.165, 1.54) is 4.90 Å². The SMILES string of the molecule is COc1cccc(-c2noc(CN(C)C(=O)c3ccc(Br)cc3)n2)c1. The summed E-state index contributed by atoms with van der Waals surface area (Å²) in [6.07, 6.45) is 0. The van der Waals surface area contributed by atoms with Crippen LogP contribution in [0.2, 0.25) is 0 Å². The molecular weight excluding hydrogens is 386 g/mol. The number of amides is 1. The largest absolute Gasteiger partial charge is 0.497 e. The van der Waals surface area contributed by atoms with Crippen LogP contribution in [-0.2, 0) is 6.54 Å². The molecule has 1 aromatic heterocycles. The van der Waals surface area contributed by atoms with Crippen molar-refractivity contribution in [2.24, 2.45) is 0 Å². The first-order valence-electron chi connectivity index (χ1n) is 7.55. The highest BCUT2D eigenvalue weighted by Gasteiger charge is 2.16. The zero-order valence-electron chi connectivity index (χ0n) is 13.8. The molecule has 0 saturated carbocycles. The minimum atomic E-state index is -0.117. The molecule has 6 nitrogen and oxygen atoms in total. The lowest BCUT2D eigenvalue weighted by atomic mass is 10.2. The maximum atomic E-state index is 12.4. The van der Waals surface area contributed by atoms with Gasteiger partial charge in [0.2, 0.25) is 11.7 Å². The second-order valence-corrected chi connectivity index (χ2v) is 6.33. The van der Waals surface area contributed by atoms with Crippen molar-refractivity contribution in [3.63, 3.8) is 0 Å². The van der Waals surface area contributed by atoms with Crippen molar-refractivity contribution < 1.29 is 14.1 Å². The lowest BCUT2D eigenvalue weighted by molar-refractivity contribution is 0.0769. The second-order valence-electron chi connectivity index (χ2n) is 5.41. The highest BCUT2D eigenvalue weighted by Crippen LogP contribution is 2.21. The van der Waals surface area contributed by atoms with Gasteiger partial charge in [0.1, 0.15) is 5.75 Å². The van der Waals surface area contributed by atoms with E-state index in [1.807, 2.05) is 36.4 Å². The fraction of sp³-hybridized carbons (Fsp3) is 0.167. The van der Waals surface area contributed by atoms with Crippen LogP contribution in [0.4, 0.5) is 0 Å². The van der Waals surface area contributed by atoms with Crippen LogP contribution in [0.5, 0.6) is 5.75 Å². The average molecular weight is 402 g/mol. The summed E-state index contributed by atoms with van der Waals surface area (Å²) in [7, 11) is 3.29. The first kappa shape index (κ1) is 17.2. The third-order valence-corrected chi connectivity index (χ3v) is 4.13. The van der Waals surface area contributed by atoms with Crippen LogP contribution >= 0.6 is 15.9 Å². The molecular formula is C18H16BrN3O3. The van der Waals surface area contributed by atoms with Gasteiger partial charge in [-0.25, -0.2) is 0 Å². The standard InChI is InChI=1S/C18H16BrN3O3/c1-22(18(23)12-6-8-14(19)9-7-12)11-16-20-17(21-25-16)13-4-3-5-15(10-13)24-2/h3-10H,11H2,1-2H3. The summed E-state index contributed by atoms with van der Waals surface area (Å²) in [6.45, 7) is 0.228. The monoisotopic (exact) mass is 401 g/mol. The molecule has 25 heavy (non-hydrogen) atoms. The van der Waals surface area contributed by atoms with Crippen molar-refractivity contribution in [3.05, 3.63) is 64.5 Å². The molecule has 3 rings (SSSR count). The number of carbonyl (C=O) groups excluding carboxylic acids is 1. The van der Waals surface area contributed by atoms with E-state index in [0.29, 0.717) is 23.0 Å². The number of hydrogen-bond acceptors (Lipinski definition) is 5. The number of benzene rings is 2. The van der Waals surface area contributed by atoms with Crippen LogP contribution in [0.1, 0.15) is 16.2 Å². The smallest absolute Gasteiger partial charge is 0.254 e. The highest BCUT2D eigenvalue weighted by molar-refractivity contribution is 9.10. The van der Waals surface area contributed by atoms with Crippen molar-refractivity contribution in [1.29, 1.82) is 0 Å². The van der Waals surface area contributed by atoms with Gasteiger partial charge in [0.05, 0.1) is 13.7 Å². The van der Waals surface area contributed by atoms with Gasteiger partial charge in [-0.1, -0.05) is 33.2 Å². The molecule has 0 bridgehead atoms. The van der Waals surface area contributed by atoms with Crippen LogP contribution in [0, 0.1) is 0 Å². The number of rotatable bonds is 5. The van der Waals surface area contributed by atoms with E-state index in [4.69, 9.17) is 9.26 Å². The first-order valence-corrected chi connectivity index (χ1v) is 8.34. The first-order chi connectivity index (χ1) is 12.1. The Hall–Kier alpha value is -2.67. The van der Waals surface area contributed by atoms with Gasteiger partial charge in [-0.05, 0) is 36.4 Å². The van der Waals surface area contributed by atoms with E-state index in [1.54, 1.807) is 26.3 Å². The van der Waals surface area contributed by atoms with Crippen LogP contribution in [0.15, 0.2) is 57.5 Å². The Labute approximate surface area is 153 Å². The fourth-order valence-corrected chi connectivity index (χ4v) is 2.55. The molecule has 7 heteroatoms. The third-order valence-electron chi connectivity index (χ3n) is 3.61. The zero-order valence-corrected chi connectivity index (χ0v) is 15.4. The highest BCUT2D eigenvalue weighted by atomic mass is 79.9. The molecule has 0 radical (unpaired) electrons. The van der Waals surface area contributed by atoms with Gasteiger partial charge in [0, 0.05) is 22.6 Å². The Balaban J connectivity index is 1.72. The fourth-order valence-electron chi connectivity index (χ4n) is 2.29. The Morgan fingerprint density at radius 3 is 2.72 bits per heavy atom. The van der Waals surface area contributed by atoms with Gasteiger partial charge in [-0.15, -0.1) is 0 Å². The number of nitrogens with zero attached hydrogens (tertiary/aromatic N) is 3. The zero-order chi connectivity index (χ0) is 17.8. The molecule has 1 amide bonds. The van der Waals surface area contributed by atoms with Crippen LogP contribution in [-0.4, -0.2) is 35.1 Å². The minimum absolute atomic E-state index is 0.117. The maximum absolute atomic E-state index is 12.4. The summed E-state index contributed by atoms with van der Waals surface area (Å²) < 4.78 is 11.4. The van der Waals surface area contributed by atoms with Crippen molar-refractivity contribution in [3.8, 4) is 17.1 Å². The Morgan fingerprint density at radius 1 is 1.24 bits per heavy atom. The van der Waals surface area contributed by atoms with Crippen LogP contribution in [0.3, 0.4) is 0 Å². The average Bonchev–Trinajstić information content (AvgIpc) is 3.10. The Bertz CT molecular complexity index is 877. The predicted octanol–water partition coefficient (Wildman–Crippen LogP) is 3.78. The summed E-state index contributed by atoms with van der Waals surface area (Å²) in [5.74, 6) is 1.42. The molecule has 0 aliphatic heterocycles. The number of ether oxygens (including phenoxy) is 1. The summed E-state index contributed by atoms with van der Waals surface area (Å²) in [6, 6.07) is 14.6. The lowest BCUT2D eigenvalue weighted by Crippen LogP contribution is -2.26. The summed E-state index contributed by atoms with van der Waals surface area (Å²) >= 11 is 3.35. The topological polar surface area (TPSA) is 68.5 Å². The van der Waals surface area contributed by atoms with Crippen molar-refractivity contribution >= 4 is 21.8 Å². The van der Waals surface area contributed by atoms with Gasteiger partial charge in [-0.3, -0.25) is 4.79 Å². The number of hydrogen-bond donors (Lipinski definition) is 0. The maximum Gasteiger partial charge on any atom is 0.254 e. The van der Waals surface area contributed by atoms with E-state index < -0.39 is 0 Å². The molecule has 0 N–H and O–H groups in total.